The Morgan fingerprint density at radius 2 is 2.10 bits per heavy atom. The number of benzene rings is 1. The summed E-state index contributed by atoms with van der Waals surface area (Å²) in [5, 5.41) is 11.9. The van der Waals surface area contributed by atoms with E-state index >= 15 is 0 Å². The van der Waals surface area contributed by atoms with Gasteiger partial charge in [0.1, 0.15) is 6.04 Å². The standard InChI is InChI=1S/C16H22N2O3/c1-3-11(2)14(15(19)20)17-16(21)18-10-6-8-12-7-4-5-9-13(12)18/h4-5,7,9,11,14H,3,6,8,10H2,1-2H3,(H,17,21)(H,19,20)/t11?,14-/m1/s1. The van der Waals surface area contributed by atoms with Crippen molar-refractivity contribution in [1.82, 2.24) is 5.32 Å². The second kappa shape index (κ2) is 6.61. The summed E-state index contributed by atoms with van der Waals surface area (Å²) in [5.74, 6) is -1.09. The van der Waals surface area contributed by atoms with E-state index < -0.39 is 12.0 Å². The van der Waals surface area contributed by atoms with Gasteiger partial charge in [-0.15, -0.1) is 0 Å². The number of aryl methyl sites for hydroxylation is 1. The van der Waals surface area contributed by atoms with Crippen LogP contribution in [0.15, 0.2) is 24.3 Å². The predicted octanol–water partition coefficient (Wildman–Crippen LogP) is 2.65. The Hall–Kier alpha value is -2.04. The van der Waals surface area contributed by atoms with Crippen molar-refractivity contribution in [3.63, 3.8) is 0 Å². The molecular formula is C16H22N2O3. The Bertz CT molecular complexity index is 530. The Labute approximate surface area is 125 Å². The first-order chi connectivity index (χ1) is 10.0. The molecule has 2 atom stereocenters. The summed E-state index contributed by atoms with van der Waals surface area (Å²) >= 11 is 0. The first-order valence-corrected chi connectivity index (χ1v) is 7.43. The molecule has 0 saturated heterocycles. The first-order valence-electron chi connectivity index (χ1n) is 7.43. The molecule has 2 amide bonds. The molecule has 0 saturated carbocycles. The second-order valence-electron chi connectivity index (χ2n) is 5.53. The van der Waals surface area contributed by atoms with Crippen molar-refractivity contribution in [1.29, 1.82) is 0 Å². The number of fused-ring (bicyclic) bond motifs is 1. The van der Waals surface area contributed by atoms with Crippen LogP contribution in [0.3, 0.4) is 0 Å². The maximum atomic E-state index is 12.4. The van der Waals surface area contributed by atoms with Crippen molar-refractivity contribution in [2.24, 2.45) is 5.92 Å². The molecule has 0 fully saturated rings. The average Bonchev–Trinajstić information content (AvgIpc) is 2.50. The minimum absolute atomic E-state index is 0.105. The normalized spacial score (nSPS) is 16.8. The molecule has 5 heteroatoms. The highest BCUT2D eigenvalue weighted by Crippen LogP contribution is 2.26. The highest BCUT2D eigenvalue weighted by molar-refractivity contribution is 5.95. The zero-order valence-corrected chi connectivity index (χ0v) is 12.5. The highest BCUT2D eigenvalue weighted by Gasteiger charge is 2.29. The largest absolute Gasteiger partial charge is 0.480 e. The van der Waals surface area contributed by atoms with Crippen molar-refractivity contribution >= 4 is 17.7 Å². The van der Waals surface area contributed by atoms with E-state index in [9.17, 15) is 14.7 Å². The number of amides is 2. The van der Waals surface area contributed by atoms with E-state index in [1.54, 1.807) is 4.90 Å². The van der Waals surface area contributed by atoms with Crippen LogP contribution in [0, 0.1) is 5.92 Å². The van der Waals surface area contributed by atoms with Gasteiger partial charge in [0, 0.05) is 12.2 Å². The summed E-state index contributed by atoms with van der Waals surface area (Å²) in [5.41, 5.74) is 2.02. The third kappa shape index (κ3) is 3.35. The molecule has 0 aliphatic carbocycles. The number of aliphatic carboxylic acids is 1. The number of carbonyl (C=O) groups is 2. The Kier molecular flexibility index (Phi) is 4.83. The lowest BCUT2D eigenvalue weighted by molar-refractivity contribution is -0.140. The van der Waals surface area contributed by atoms with Crippen LogP contribution in [0.5, 0.6) is 0 Å². The number of nitrogens with one attached hydrogen (secondary N) is 1. The lowest BCUT2D eigenvalue weighted by Gasteiger charge is -2.31. The maximum Gasteiger partial charge on any atom is 0.326 e. The highest BCUT2D eigenvalue weighted by atomic mass is 16.4. The van der Waals surface area contributed by atoms with Crippen LogP contribution in [0.4, 0.5) is 10.5 Å². The van der Waals surface area contributed by atoms with Crippen LogP contribution in [0.2, 0.25) is 0 Å². The minimum Gasteiger partial charge on any atom is -0.480 e. The number of nitrogens with zero attached hydrogens (tertiary/aromatic N) is 1. The van der Waals surface area contributed by atoms with Crippen LogP contribution in [-0.4, -0.2) is 29.7 Å². The Morgan fingerprint density at radius 3 is 2.76 bits per heavy atom. The minimum atomic E-state index is -0.983. The van der Waals surface area contributed by atoms with Gasteiger partial charge in [0.15, 0.2) is 0 Å². The van der Waals surface area contributed by atoms with Crippen LogP contribution < -0.4 is 10.2 Å². The molecule has 5 nitrogen and oxygen atoms in total. The van der Waals surface area contributed by atoms with Gasteiger partial charge in [-0.3, -0.25) is 4.90 Å². The smallest absolute Gasteiger partial charge is 0.326 e. The molecule has 114 valence electrons. The van der Waals surface area contributed by atoms with Crippen LogP contribution in [0.25, 0.3) is 0 Å². The van der Waals surface area contributed by atoms with E-state index in [0.29, 0.717) is 13.0 Å². The van der Waals surface area contributed by atoms with Crippen molar-refractivity contribution < 1.29 is 14.7 Å². The lowest BCUT2D eigenvalue weighted by atomic mass is 9.99. The van der Waals surface area contributed by atoms with Gasteiger partial charge >= 0.3 is 12.0 Å². The van der Waals surface area contributed by atoms with Crippen LogP contribution in [0.1, 0.15) is 32.3 Å². The molecule has 1 aliphatic heterocycles. The molecule has 2 N–H and O–H groups in total. The fraction of sp³-hybridized carbons (Fsp3) is 0.500. The predicted molar refractivity (Wildman–Crippen MR) is 81.5 cm³/mol. The zero-order chi connectivity index (χ0) is 15.4. The SMILES string of the molecule is CCC(C)[C@@H](NC(=O)N1CCCc2ccccc21)C(=O)O. The number of rotatable bonds is 4. The number of anilines is 1. The fourth-order valence-corrected chi connectivity index (χ4v) is 2.64. The third-order valence-electron chi connectivity index (χ3n) is 4.11. The molecule has 1 aromatic carbocycles. The molecule has 1 aliphatic rings. The van der Waals surface area contributed by atoms with E-state index in [1.165, 1.54) is 0 Å². The Balaban J connectivity index is 2.15. The molecule has 1 heterocycles. The van der Waals surface area contributed by atoms with Crippen molar-refractivity contribution in [2.45, 2.75) is 39.2 Å². The molecule has 0 bridgehead atoms. The number of carboxylic acid groups (broad SMARTS) is 1. The van der Waals surface area contributed by atoms with Gasteiger partial charge < -0.3 is 10.4 Å². The average molecular weight is 290 g/mol. The molecule has 2 rings (SSSR count). The summed E-state index contributed by atoms with van der Waals surface area (Å²) in [6.07, 6.45) is 2.55. The van der Waals surface area contributed by atoms with Crippen LogP contribution >= 0.6 is 0 Å². The summed E-state index contributed by atoms with van der Waals surface area (Å²) < 4.78 is 0. The van der Waals surface area contributed by atoms with E-state index in [4.69, 9.17) is 0 Å². The molecule has 0 aromatic heterocycles. The molecule has 0 radical (unpaired) electrons. The van der Waals surface area contributed by atoms with Crippen molar-refractivity contribution in [3.8, 4) is 0 Å². The van der Waals surface area contributed by atoms with Gasteiger partial charge in [0.2, 0.25) is 0 Å². The first kappa shape index (κ1) is 15.4. The lowest BCUT2D eigenvalue weighted by Crippen LogP contribution is -2.51. The number of carboxylic acids is 1. The summed E-state index contributed by atoms with van der Waals surface area (Å²) in [6.45, 7) is 4.38. The molecule has 21 heavy (non-hydrogen) atoms. The topological polar surface area (TPSA) is 69.6 Å². The van der Waals surface area contributed by atoms with Crippen molar-refractivity contribution in [2.75, 3.05) is 11.4 Å². The molecule has 0 spiro atoms. The van der Waals surface area contributed by atoms with Gasteiger partial charge in [-0.25, -0.2) is 9.59 Å². The summed E-state index contributed by atoms with van der Waals surface area (Å²) in [7, 11) is 0. The number of carbonyl (C=O) groups excluding carboxylic acids is 1. The van der Waals surface area contributed by atoms with Crippen LogP contribution in [-0.2, 0) is 11.2 Å². The van der Waals surface area contributed by atoms with E-state index in [2.05, 4.69) is 5.32 Å². The quantitative estimate of drug-likeness (QED) is 0.895. The van der Waals surface area contributed by atoms with Crippen molar-refractivity contribution in [3.05, 3.63) is 29.8 Å². The monoisotopic (exact) mass is 290 g/mol. The molecule has 1 aromatic rings. The molecular weight excluding hydrogens is 268 g/mol. The number of urea groups is 1. The second-order valence-corrected chi connectivity index (χ2v) is 5.53. The summed E-state index contributed by atoms with van der Waals surface area (Å²) in [6, 6.07) is 6.60. The molecule has 1 unspecified atom stereocenters. The van der Waals surface area contributed by atoms with E-state index in [0.717, 1.165) is 24.1 Å². The number of para-hydroxylation sites is 1. The fourth-order valence-electron chi connectivity index (χ4n) is 2.64. The summed E-state index contributed by atoms with van der Waals surface area (Å²) in [4.78, 5) is 25.4. The number of hydrogen-bond donors (Lipinski definition) is 2. The van der Waals surface area contributed by atoms with E-state index in [1.807, 2.05) is 38.1 Å². The third-order valence-corrected chi connectivity index (χ3v) is 4.11. The van der Waals surface area contributed by atoms with Gasteiger partial charge in [0.05, 0.1) is 0 Å². The Morgan fingerprint density at radius 1 is 1.38 bits per heavy atom. The van der Waals surface area contributed by atoms with Gasteiger partial charge in [0.25, 0.3) is 0 Å². The van der Waals surface area contributed by atoms with Gasteiger partial charge in [-0.1, -0.05) is 38.5 Å². The van der Waals surface area contributed by atoms with Gasteiger partial charge in [-0.05, 0) is 30.4 Å². The van der Waals surface area contributed by atoms with E-state index in [-0.39, 0.29) is 11.9 Å². The zero-order valence-electron chi connectivity index (χ0n) is 12.5. The van der Waals surface area contributed by atoms with Gasteiger partial charge in [-0.2, -0.15) is 0 Å². The number of hydrogen-bond acceptors (Lipinski definition) is 2. The maximum absolute atomic E-state index is 12.4.